The number of carbonyl (C=O) groups excluding carboxylic acids is 2. The largest absolute Gasteiger partial charge is 0.468 e. The lowest BCUT2D eigenvalue weighted by Crippen LogP contribution is -2.05. The second-order valence-electron chi connectivity index (χ2n) is 3.34. The van der Waals surface area contributed by atoms with E-state index in [0.717, 1.165) is 19.3 Å². The molecule has 0 aromatic rings. The number of hydrogen-bond donors (Lipinski definition) is 0. The molecule has 0 heterocycles. The molecule has 0 aliphatic rings. The zero-order valence-electron chi connectivity index (χ0n) is 8.82. The molecule has 0 aliphatic heterocycles. The molecule has 4 heteroatoms. The van der Waals surface area contributed by atoms with Gasteiger partial charge in [-0.3, -0.25) is 9.59 Å². The lowest BCUT2D eigenvalue weighted by molar-refractivity contribution is -0.141. The van der Waals surface area contributed by atoms with Gasteiger partial charge < -0.3 is 9.47 Å². The van der Waals surface area contributed by atoms with Gasteiger partial charge in [-0.15, -0.1) is 0 Å². The van der Waals surface area contributed by atoms with Crippen molar-refractivity contribution < 1.29 is 19.1 Å². The van der Waals surface area contributed by atoms with Crippen LogP contribution in [-0.2, 0) is 19.1 Å². The van der Waals surface area contributed by atoms with E-state index in [0.29, 0.717) is 25.6 Å². The maximum Gasteiger partial charge on any atom is 0.302 e. The maximum absolute atomic E-state index is 10.4. The molecule has 1 atom stereocenters. The molecule has 82 valence electrons. The molecule has 0 aliphatic carbocycles. The average molecular weight is 202 g/mol. The predicted octanol–water partition coefficient (Wildman–Crippen LogP) is 1.53. The van der Waals surface area contributed by atoms with Crippen molar-refractivity contribution in [2.45, 2.75) is 33.1 Å². The van der Waals surface area contributed by atoms with Crippen molar-refractivity contribution in [2.24, 2.45) is 5.92 Å². The molecule has 0 saturated carbocycles. The Labute approximate surface area is 84.6 Å². The SMILES string of the molecule is CC(=O)OCCCC(C)CCOC=O. The first-order valence-corrected chi connectivity index (χ1v) is 4.85. The molecule has 0 fully saturated rings. The van der Waals surface area contributed by atoms with Gasteiger partial charge in [-0.05, 0) is 25.2 Å². The summed E-state index contributed by atoms with van der Waals surface area (Å²) in [5.74, 6) is 0.257. The normalized spacial score (nSPS) is 11.9. The fourth-order valence-electron chi connectivity index (χ4n) is 1.11. The van der Waals surface area contributed by atoms with E-state index in [9.17, 15) is 9.59 Å². The summed E-state index contributed by atoms with van der Waals surface area (Å²) in [6.07, 6.45) is 2.70. The van der Waals surface area contributed by atoms with Crippen molar-refractivity contribution in [1.82, 2.24) is 0 Å². The molecule has 4 nitrogen and oxygen atoms in total. The third-order valence-corrected chi connectivity index (χ3v) is 1.94. The fourth-order valence-corrected chi connectivity index (χ4v) is 1.11. The van der Waals surface area contributed by atoms with E-state index in [2.05, 4.69) is 11.7 Å². The minimum atomic E-state index is -0.234. The van der Waals surface area contributed by atoms with Gasteiger partial charge in [0.2, 0.25) is 0 Å². The van der Waals surface area contributed by atoms with E-state index in [4.69, 9.17) is 4.74 Å². The standard InChI is InChI=1S/C10H18O4/c1-9(5-7-13-8-11)4-3-6-14-10(2)12/h8-9H,3-7H2,1-2H3. The van der Waals surface area contributed by atoms with Gasteiger partial charge in [-0.2, -0.15) is 0 Å². The second kappa shape index (κ2) is 8.53. The van der Waals surface area contributed by atoms with E-state index in [1.165, 1.54) is 6.92 Å². The lowest BCUT2D eigenvalue weighted by Gasteiger charge is -2.09. The lowest BCUT2D eigenvalue weighted by atomic mass is 10.0. The quantitative estimate of drug-likeness (QED) is 0.340. The molecule has 0 radical (unpaired) electrons. The van der Waals surface area contributed by atoms with E-state index < -0.39 is 0 Å². The summed E-state index contributed by atoms with van der Waals surface area (Å²) in [6.45, 7) is 4.90. The summed E-state index contributed by atoms with van der Waals surface area (Å²) in [5.41, 5.74) is 0. The molecule has 0 aromatic heterocycles. The first-order valence-electron chi connectivity index (χ1n) is 4.85. The topological polar surface area (TPSA) is 52.6 Å². The molecule has 1 unspecified atom stereocenters. The molecule has 0 bridgehead atoms. The first kappa shape index (κ1) is 12.9. The van der Waals surface area contributed by atoms with Crippen molar-refractivity contribution in [3.05, 3.63) is 0 Å². The highest BCUT2D eigenvalue weighted by Crippen LogP contribution is 2.09. The van der Waals surface area contributed by atoms with Crippen molar-refractivity contribution >= 4 is 12.4 Å². The summed E-state index contributed by atoms with van der Waals surface area (Å²) in [7, 11) is 0. The van der Waals surface area contributed by atoms with Gasteiger partial charge in [0, 0.05) is 6.92 Å². The van der Waals surface area contributed by atoms with Gasteiger partial charge in [0.1, 0.15) is 0 Å². The molecule has 0 aromatic carbocycles. The van der Waals surface area contributed by atoms with E-state index in [1.54, 1.807) is 0 Å². The molecule has 0 rings (SSSR count). The Bertz CT molecular complexity index is 168. The zero-order valence-corrected chi connectivity index (χ0v) is 8.82. The van der Waals surface area contributed by atoms with Crippen molar-refractivity contribution in [2.75, 3.05) is 13.2 Å². The van der Waals surface area contributed by atoms with Gasteiger partial charge in [-0.25, -0.2) is 0 Å². The Kier molecular flexibility index (Phi) is 7.89. The van der Waals surface area contributed by atoms with Crippen LogP contribution >= 0.6 is 0 Å². The van der Waals surface area contributed by atoms with E-state index >= 15 is 0 Å². The second-order valence-corrected chi connectivity index (χ2v) is 3.34. The third-order valence-electron chi connectivity index (χ3n) is 1.94. The highest BCUT2D eigenvalue weighted by molar-refractivity contribution is 5.65. The molecular formula is C10H18O4. The molecule has 14 heavy (non-hydrogen) atoms. The average Bonchev–Trinajstić information content (AvgIpc) is 2.13. The zero-order chi connectivity index (χ0) is 10.8. The number of rotatable bonds is 8. The Balaban J connectivity index is 3.21. The molecular weight excluding hydrogens is 184 g/mol. The van der Waals surface area contributed by atoms with Crippen LogP contribution in [0.5, 0.6) is 0 Å². The first-order chi connectivity index (χ1) is 6.66. The smallest absolute Gasteiger partial charge is 0.302 e. The van der Waals surface area contributed by atoms with Crippen LogP contribution in [0.25, 0.3) is 0 Å². The highest BCUT2D eigenvalue weighted by atomic mass is 16.5. The van der Waals surface area contributed by atoms with Gasteiger partial charge in [-0.1, -0.05) is 6.92 Å². The van der Waals surface area contributed by atoms with Crippen molar-refractivity contribution in [3.63, 3.8) is 0 Å². The number of carbonyl (C=O) groups is 2. The van der Waals surface area contributed by atoms with Crippen LogP contribution in [0.2, 0.25) is 0 Å². The summed E-state index contributed by atoms with van der Waals surface area (Å²) >= 11 is 0. The minimum absolute atomic E-state index is 0.234. The van der Waals surface area contributed by atoms with Crippen LogP contribution in [0.15, 0.2) is 0 Å². The Morgan fingerprint density at radius 2 is 2.07 bits per heavy atom. The third kappa shape index (κ3) is 9.03. The van der Waals surface area contributed by atoms with Crippen LogP contribution < -0.4 is 0 Å². The van der Waals surface area contributed by atoms with Gasteiger partial charge in [0.25, 0.3) is 6.47 Å². The Morgan fingerprint density at radius 3 is 2.64 bits per heavy atom. The summed E-state index contributed by atoms with van der Waals surface area (Å²) in [4.78, 5) is 20.3. The van der Waals surface area contributed by atoms with Crippen molar-refractivity contribution in [1.29, 1.82) is 0 Å². The predicted molar refractivity (Wildman–Crippen MR) is 51.7 cm³/mol. The summed E-state index contributed by atoms with van der Waals surface area (Å²) < 4.78 is 9.37. The summed E-state index contributed by atoms with van der Waals surface area (Å²) in [6, 6.07) is 0. The van der Waals surface area contributed by atoms with Crippen LogP contribution in [0, 0.1) is 5.92 Å². The van der Waals surface area contributed by atoms with Crippen LogP contribution in [0.4, 0.5) is 0 Å². The van der Waals surface area contributed by atoms with Crippen LogP contribution in [0.1, 0.15) is 33.1 Å². The van der Waals surface area contributed by atoms with E-state index in [1.807, 2.05) is 0 Å². The number of esters is 1. The maximum atomic E-state index is 10.4. The van der Waals surface area contributed by atoms with Gasteiger partial charge in [0.15, 0.2) is 0 Å². The monoisotopic (exact) mass is 202 g/mol. The molecule has 0 amide bonds. The molecule has 0 saturated heterocycles. The molecule has 0 spiro atoms. The van der Waals surface area contributed by atoms with E-state index in [-0.39, 0.29) is 5.97 Å². The number of ether oxygens (including phenoxy) is 2. The Morgan fingerprint density at radius 1 is 1.36 bits per heavy atom. The van der Waals surface area contributed by atoms with Gasteiger partial charge >= 0.3 is 5.97 Å². The number of hydrogen-bond acceptors (Lipinski definition) is 4. The highest BCUT2D eigenvalue weighted by Gasteiger charge is 2.02. The van der Waals surface area contributed by atoms with Crippen molar-refractivity contribution in [3.8, 4) is 0 Å². The van der Waals surface area contributed by atoms with Gasteiger partial charge in [0.05, 0.1) is 13.2 Å². The van der Waals surface area contributed by atoms with Crippen LogP contribution in [0.3, 0.4) is 0 Å². The Hall–Kier alpha value is -1.06. The summed E-state index contributed by atoms with van der Waals surface area (Å²) in [5, 5.41) is 0. The molecule has 0 N–H and O–H groups in total. The fraction of sp³-hybridized carbons (Fsp3) is 0.800. The minimum Gasteiger partial charge on any atom is -0.468 e. The van der Waals surface area contributed by atoms with Crippen LogP contribution in [-0.4, -0.2) is 25.7 Å².